The minimum atomic E-state index is -4.45. The molecule has 0 fully saturated rings. The summed E-state index contributed by atoms with van der Waals surface area (Å²) >= 11 is 0. The second-order valence-corrected chi connectivity index (χ2v) is 3.54. The molecule has 0 radical (unpaired) electrons. The number of hydrogen-bond donors (Lipinski definition) is 2. The topological polar surface area (TPSA) is 103 Å². The van der Waals surface area contributed by atoms with E-state index >= 15 is 0 Å². The van der Waals surface area contributed by atoms with Crippen molar-refractivity contribution in [3.8, 4) is 5.75 Å². The quantitative estimate of drug-likeness (QED) is 0.286. The Balaban J connectivity index is 0.00000144. The number of nitrogen functional groups attached to an aromatic ring is 1. The monoisotopic (exact) mass is 211 g/mol. The molecular formula is C6H6NNaO4S. The van der Waals surface area contributed by atoms with E-state index in [0.717, 1.165) is 6.07 Å². The summed E-state index contributed by atoms with van der Waals surface area (Å²) in [5.41, 5.74) is 4.93. The first kappa shape index (κ1) is 12.7. The van der Waals surface area contributed by atoms with Crippen molar-refractivity contribution >= 4 is 15.8 Å². The Kier molecular flexibility index (Phi) is 4.21. The Labute approximate surface area is 97.6 Å². The Hall–Kier alpha value is -0.270. The van der Waals surface area contributed by atoms with Gasteiger partial charge in [0.05, 0.1) is 4.90 Å². The summed E-state index contributed by atoms with van der Waals surface area (Å²) in [6.07, 6.45) is 0. The third-order valence-corrected chi connectivity index (χ3v) is 2.16. The molecule has 13 heavy (non-hydrogen) atoms. The van der Waals surface area contributed by atoms with Crippen LogP contribution in [0, 0.1) is 0 Å². The fourth-order valence-electron chi connectivity index (χ4n) is 0.736. The van der Waals surface area contributed by atoms with Crippen LogP contribution in [0.2, 0.25) is 0 Å². The van der Waals surface area contributed by atoms with Crippen LogP contribution in [0.3, 0.4) is 0 Å². The number of anilines is 1. The largest absolute Gasteiger partial charge is 1.00 e. The number of benzene rings is 1. The SMILES string of the molecule is Nc1cccc(S(=O)(=O)O)c1[O-].[Na+]. The molecule has 0 saturated carbocycles. The molecule has 1 rings (SSSR count). The molecule has 0 saturated heterocycles. The van der Waals surface area contributed by atoms with Crippen molar-refractivity contribution in [3.05, 3.63) is 18.2 Å². The third kappa shape index (κ3) is 2.85. The van der Waals surface area contributed by atoms with Crippen molar-refractivity contribution in [2.45, 2.75) is 4.90 Å². The van der Waals surface area contributed by atoms with Crippen molar-refractivity contribution in [2.24, 2.45) is 0 Å². The Morgan fingerprint density at radius 3 is 2.31 bits per heavy atom. The number of para-hydroxylation sites is 1. The van der Waals surface area contributed by atoms with Gasteiger partial charge >= 0.3 is 29.6 Å². The second-order valence-electron chi connectivity index (χ2n) is 2.15. The van der Waals surface area contributed by atoms with E-state index in [1.54, 1.807) is 0 Å². The zero-order valence-corrected chi connectivity index (χ0v) is 9.71. The minimum Gasteiger partial charge on any atom is -0.870 e. The van der Waals surface area contributed by atoms with Crippen LogP contribution in [-0.4, -0.2) is 13.0 Å². The molecular weight excluding hydrogens is 205 g/mol. The average Bonchev–Trinajstić information content (AvgIpc) is 1.92. The van der Waals surface area contributed by atoms with Gasteiger partial charge < -0.3 is 10.8 Å². The van der Waals surface area contributed by atoms with E-state index in [0.29, 0.717) is 0 Å². The van der Waals surface area contributed by atoms with E-state index in [-0.39, 0.29) is 35.2 Å². The summed E-state index contributed by atoms with van der Waals surface area (Å²) in [5.74, 6) is -0.875. The van der Waals surface area contributed by atoms with E-state index in [4.69, 9.17) is 10.3 Å². The molecule has 0 bridgehead atoms. The summed E-state index contributed by atoms with van der Waals surface area (Å²) in [5, 5.41) is 11.0. The summed E-state index contributed by atoms with van der Waals surface area (Å²) in [6.45, 7) is 0. The average molecular weight is 211 g/mol. The zero-order valence-electron chi connectivity index (χ0n) is 6.89. The van der Waals surface area contributed by atoms with Crippen molar-refractivity contribution in [1.82, 2.24) is 0 Å². The summed E-state index contributed by atoms with van der Waals surface area (Å²) in [6, 6.07) is 3.53. The zero-order chi connectivity index (χ0) is 9.35. The number of nitrogens with two attached hydrogens (primary N) is 1. The molecule has 0 aromatic heterocycles. The third-order valence-electron chi connectivity index (χ3n) is 1.29. The molecule has 0 aliphatic rings. The summed E-state index contributed by atoms with van der Waals surface area (Å²) in [4.78, 5) is -0.692. The molecule has 5 nitrogen and oxygen atoms in total. The first-order valence-electron chi connectivity index (χ1n) is 2.96. The van der Waals surface area contributed by atoms with Gasteiger partial charge in [-0.25, -0.2) is 0 Å². The first-order valence-corrected chi connectivity index (χ1v) is 4.40. The fourth-order valence-corrected chi connectivity index (χ4v) is 1.34. The van der Waals surface area contributed by atoms with Gasteiger partial charge in [-0.05, 0) is 12.1 Å². The van der Waals surface area contributed by atoms with Gasteiger partial charge in [0.2, 0.25) is 0 Å². The van der Waals surface area contributed by atoms with E-state index in [9.17, 15) is 13.5 Å². The van der Waals surface area contributed by atoms with Crippen LogP contribution in [0.5, 0.6) is 5.75 Å². The molecule has 0 aliphatic carbocycles. The smallest absolute Gasteiger partial charge is 0.870 e. The van der Waals surface area contributed by atoms with E-state index in [2.05, 4.69) is 0 Å². The van der Waals surface area contributed by atoms with Crippen LogP contribution in [-0.2, 0) is 10.1 Å². The Morgan fingerprint density at radius 1 is 1.38 bits per heavy atom. The van der Waals surface area contributed by atoms with Crippen molar-refractivity contribution < 1.29 is 47.6 Å². The maximum atomic E-state index is 11.0. The van der Waals surface area contributed by atoms with Gasteiger partial charge in [0.1, 0.15) is 0 Å². The molecule has 0 heterocycles. The van der Waals surface area contributed by atoms with Gasteiger partial charge in [-0.1, -0.05) is 11.8 Å². The first-order chi connectivity index (χ1) is 5.43. The molecule has 3 N–H and O–H groups in total. The van der Waals surface area contributed by atoms with Crippen LogP contribution in [0.4, 0.5) is 5.69 Å². The molecule has 0 amide bonds. The van der Waals surface area contributed by atoms with Crippen LogP contribution in [0.1, 0.15) is 0 Å². The van der Waals surface area contributed by atoms with Gasteiger partial charge in [-0.3, -0.25) is 4.55 Å². The number of rotatable bonds is 1. The molecule has 0 spiro atoms. The van der Waals surface area contributed by atoms with Gasteiger partial charge in [0.25, 0.3) is 10.1 Å². The molecule has 0 atom stereocenters. The van der Waals surface area contributed by atoms with E-state index in [1.807, 2.05) is 0 Å². The minimum absolute atomic E-state index is 0. The fraction of sp³-hybridized carbons (Fsp3) is 0. The molecule has 1 aromatic carbocycles. The van der Waals surface area contributed by atoms with Crippen LogP contribution < -0.4 is 40.4 Å². The van der Waals surface area contributed by atoms with E-state index < -0.39 is 20.8 Å². The second kappa shape index (κ2) is 4.30. The predicted octanol–water partition coefficient (Wildman–Crippen LogP) is -3.41. The normalized spacial score (nSPS) is 10.5. The van der Waals surface area contributed by atoms with Crippen molar-refractivity contribution in [1.29, 1.82) is 0 Å². The van der Waals surface area contributed by atoms with Gasteiger partial charge in [-0.2, -0.15) is 8.42 Å². The standard InChI is InChI=1S/C6H7NO4S.Na/c7-4-2-1-3-5(6(4)8)12(9,10)11;/h1-3,8H,7H2,(H,9,10,11);/q;+1/p-1. The van der Waals surface area contributed by atoms with Gasteiger partial charge in [-0.15, -0.1) is 0 Å². The molecule has 7 heteroatoms. The molecule has 0 unspecified atom stereocenters. The maximum absolute atomic E-state index is 11.0. The molecule has 0 aliphatic heterocycles. The summed E-state index contributed by atoms with van der Waals surface area (Å²) < 4.78 is 29.5. The summed E-state index contributed by atoms with van der Waals surface area (Å²) in [7, 11) is -4.45. The van der Waals surface area contributed by atoms with Crippen LogP contribution >= 0.6 is 0 Å². The Morgan fingerprint density at radius 2 is 1.92 bits per heavy atom. The van der Waals surface area contributed by atoms with Crippen LogP contribution in [0.25, 0.3) is 0 Å². The van der Waals surface area contributed by atoms with Gasteiger partial charge in [0.15, 0.2) is 0 Å². The van der Waals surface area contributed by atoms with Crippen molar-refractivity contribution in [3.63, 3.8) is 0 Å². The van der Waals surface area contributed by atoms with Crippen molar-refractivity contribution in [2.75, 3.05) is 5.73 Å². The Bertz CT molecular complexity index is 403. The van der Waals surface area contributed by atoms with Gasteiger partial charge in [0, 0.05) is 5.69 Å². The number of hydrogen-bond acceptors (Lipinski definition) is 4. The molecule has 1 aromatic rings. The molecule has 66 valence electrons. The van der Waals surface area contributed by atoms with Crippen LogP contribution in [0.15, 0.2) is 23.1 Å². The predicted molar refractivity (Wildman–Crippen MR) is 40.1 cm³/mol. The maximum Gasteiger partial charge on any atom is 1.00 e. The van der Waals surface area contributed by atoms with E-state index in [1.165, 1.54) is 12.1 Å².